The van der Waals surface area contributed by atoms with Gasteiger partial charge in [0.2, 0.25) is 0 Å². The lowest BCUT2D eigenvalue weighted by Gasteiger charge is -2.25. The number of hydrogen-bond acceptors (Lipinski definition) is 4. The predicted molar refractivity (Wildman–Crippen MR) is 67.3 cm³/mol. The Kier molecular flexibility index (Phi) is 3.58. The van der Waals surface area contributed by atoms with Crippen LogP contribution in [-0.2, 0) is 0 Å². The average Bonchev–Trinajstić information content (AvgIpc) is 2.91. The van der Waals surface area contributed by atoms with Crippen molar-refractivity contribution in [2.45, 2.75) is 12.5 Å². The molecule has 1 atom stereocenters. The van der Waals surface area contributed by atoms with Gasteiger partial charge in [-0.2, -0.15) is 0 Å². The van der Waals surface area contributed by atoms with E-state index in [-0.39, 0.29) is 5.91 Å². The van der Waals surface area contributed by atoms with Crippen molar-refractivity contribution in [1.82, 2.24) is 15.6 Å². The van der Waals surface area contributed by atoms with Crippen LogP contribution in [0, 0.1) is 0 Å². The molecule has 17 heavy (non-hydrogen) atoms. The lowest BCUT2D eigenvalue weighted by atomic mass is 10.2. The Bertz CT molecular complexity index is 384. The molecule has 0 spiro atoms. The first-order valence-electron chi connectivity index (χ1n) is 5.84. The van der Waals surface area contributed by atoms with Gasteiger partial charge in [0.05, 0.1) is 11.9 Å². The van der Waals surface area contributed by atoms with Crippen LogP contribution in [0.5, 0.6) is 0 Å². The van der Waals surface area contributed by atoms with Crippen LogP contribution in [0.3, 0.4) is 0 Å². The molecule has 2 rings (SSSR count). The number of carbonyl (C=O) groups is 1. The minimum Gasteiger partial charge on any atom is -0.369 e. The van der Waals surface area contributed by atoms with E-state index in [1.807, 2.05) is 6.07 Å². The molecule has 2 N–H and O–H groups in total. The van der Waals surface area contributed by atoms with E-state index >= 15 is 0 Å². The van der Waals surface area contributed by atoms with Gasteiger partial charge in [0.1, 0.15) is 5.69 Å². The van der Waals surface area contributed by atoms with Gasteiger partial charge >= 0.3 is 0 Å². The molecule has 5 heteroatoms. The molecule has 1 aliphatic rings. The van der Waals surface area contributed by atoms with Gasteiger partial charge in [-0.15, -0.1) is 0 Å². The first-order chi connectivity index (χ1) is 8.22. The largest absolute Gasteiger partial charge is 0.369 e. The van der Waals surface area contributed by atoms with Crippen molar-refractivity contribution in [2.75, 3.05) is 32.1 Å². The van der Waals surface area contributed by atoms with Crippen molar-refractivity contribution in [2.24, 2.45) is 0 Å². The molecule has 0 radical (unpaired) electrons. The normalized spacial score (nSPS) is 19.1. The van der Waals surface area contributed by atoms with E-state index in [1.54, 1.807) is 19.3 Å². The van der Waals surface area contributed by atoms with E-state index in [9.17, 15) is 4.79 Å². The molecule has 1 aromatic rings. The molecule has 1 aromatic heterocycles. The third kappa shape index (κ3) is 2.55. The van der Waals surface area contributed by atoms with Crippen molar-refractivity contribution < 1.29 is 4.79 Å². The Morgan fingerprint density at radius 2 is 2.41 bits per heavy atom. The first-order valence-corrected chi connectivity index (χ1v) is 5.84. The average molecular weight is 234 g/mol. The molecular formula is C12H18N4O. The highest BCUT2D eigenvalue weighted by Crippen LogP contribution is 2.17. The molecule has 0 aliphatic carbocycles. The van der Waals surface area contributed by atoms with Crippen molar-refractivity contribution >= 4 is 11.6 Å². The highest BCUT2D eigenvalue weighted by atomic mass is 16.1. The number of nitrogens with zero attached hydrogens (tertiary/aromatic N) is 2. The van der Waals surface area contributed by atoms with Gasteiger partial charge < -0.3 is 15.5 Å². The summed E-state index contributed by atoms with van der Waals surface area (Å²) in [6, 6.07) is 4.21. The minimum absolute atomic E-state index is 0.151. The molecule has 0 aromatic carbocycles. The maximum atomic E-state index is 11.4. The fourth-order valence-corrected chi connectivity index (χ4v) is 2.04. The Morgan fingerprint density at radius 1 is 1.59 bits per heavy atom. The highest BCUT2D eigenvalue weighted by Gasteiger charge is 2.19. The molecule has 2 heterocycles. The van der Waals surface area contributed by atoms with E-state index in [0.29, 0.717) is 11.7 Å². The third-order valence-electron chi connectivity index (χ3n) is 3.20. The van der Waals surface area contributed by atoms with Crippen LogP contribution in [0.1, 0.15) is 16.9 Å². The fraction of sp³-hybridized carbons (Fsp3) is 0.500. The second-order valence-electron chi connectivity index (χ2n) is 4.24. The van der Waals surface area contributed by atoms with Gasteiger partial charge in [-0.3, -0.25) is 4.79 Å². The van der Waals surface area contributed by atoms with E-state index in [4.69, 9.17) is 0 Å². The molecule has 0 saturated carbocycles. The van der Waals surface area contributed by atoms with E-state index in [0.717, 1.165) is 25.2 Å². The van der Waals surface area contributed by atoms with Gasteiger partial charge in [0.25, 0.3) is 5.91 Å². The molecule has 0 bridgehead atoms. The number of amides is 1. The number of aromatic nitrogens is 1. The standard InChI is InChI=1S/C12H18N4O/c1-13-12(17)11-4-3-9(8-15-11)16(2)10-5-6-14-7-10/h3-4,8,10,14H,5-7H2,1-2H3,(H,13,17)/t10-/m1/s1. The van der Waals surface area contributed by atoms with Gasteiger partial charge in [-0.05, 0) is 25.1 Å². The minimum atomic E-state index is -0.151. The number of anilines is 1. The topological polar surface area (TPSA) is 57.3 Å². The van der Waals surface area contributed by atoms with E-state index < -0.39 is 0 Å². The molecule has 92 valence electrons. The van der Waals surface area contributed by atoms with E-state index in [2.05, 4.69) is 27.6 Å². The van der Waals surface area contributed by atoms with Crippen LogP contribution >= 0.6 is 0 Å². The Morgan fingerprint density at radius 3 is 2.94 bits per heavy atom. The second kappa shape index (κ2) is 5.14. The van der Waals surface area contributed by atoms with E-state index in [1.165, 1.54) is 0 Å². The smallest absolute Gasteiger partial charge is 0.269 e. The number of nitrogens with one attached hydrogen (secondary N) is 2. The molecular weight excluding hydrogens is 216 g/mol. The summed E-state index contributed by atoms with van der Waals surface area (Å²) in [5.74, 6) is -0.151. The quantitative estimate of drug-likeness (QED) is 0.786. The van der Waals surface area contributed by atoms with Crippen molar-refractivity contribution in [3.63, 3.8) is 0 Å². The number of likely N-dealkylation sites (N-methyl/N-ethyl adjacent to an activating group) is 1. The summed E-state index contributed by atoms with van der Waals surface area (Å²) in [5.41, 5.74) is 1.50. The number of hydrogen-bond donors (Lipinski definition) is 2. The second-order valence-corrected chi connectivity index (χ2v) is 4.24. The van der Waals surface area contributed by atoms with Crippen molar-refractivity contribution in [3.05, 3.63) is 24.0 Å². The lowest BCUT2D eigenvalue weighted by Crippen LogP contribution is -2.33. The zero-order valence-corrected chi connectivity index (χ0v) is 10.2. The first kappa shape index (κ1) is 11.9. The van der Waals surface area contributed by atoms with Crippen LogP contribution in [-0.4, -0.2) is 44.1 Å². The molecule has 1 aliphatic heterocycles. The van der Waals surface area contributed by atoms with Crippen LogP contribution in [0.15, 0.2) is 18.3 Å². The Hall–Kier alpha value is -1.62. The molecule has 5 nitrogen and oxygen atoms in total. The van der Waals surface area contributed by atoms with Crippen LogP contribution in [0.25, 0.3) is 0 Å². The summed E-state index contributed by atoms with van der Waals surface area (Å²) in [7, 11) is 3.67. The summed E-state index contributed by atoms with van der Waals surface area (Å²) >= 11 is 0. The zero-order chi connectivity index (χ0) is 12.3. The number of rotatable bonds is 3. The van der Waals surface area contributed by atoms with Crippen molar-refractivity contribution in [3.8, 4) is 0 Å². The maximum absolute atomic E-state index is 11.4. The summed E-state index contributed by atoms with van der Waals surface area (Å²) in [4.78, 5) is 17.7. The highest BCUT2D eigenvalue weighted by molar-refractivity contribution is 5.92. The fourth-order valence-electron chi connectivity index (χ4n) is 2.04. The van der Waals surface area contributed by atoms with Gasteiger partial charge in [-0.1, -0.05) is 0 Å². The SMILES string of the molecule is CNC(=O)c1ccc(N(C)[C@@H]2CCNC2)cn1. The number of carbonyl (C=O) groups excluding carboxylic acids is 1. The predicted octanol–water partition coefficient (Wildman–Crippen LogP) is 0.239. The summed E-state index contributed by atoms with van der Waals surface area (Å²) < 4.78 is 0. The molecule has 1 amide bonds. The number of pyridine rings is 1. The van der Waals surface area contributed by atoms with Gasteiger partial charge in [-0.25, -0.2) is 4.98 Å². The summed E-state index contributed by atoms with van der Waals surface area (Å²) in [6.07, 6.45) is 2.90. The van der Waals surface area contributed by atoms with Crippen LogP contribution in [0.4, 0.5) is 5.69 Å². The van der Waals surface area contributed by atoms with Crippen LogP contribution < -0.4 is 15.5 Å². The third-order valence-corrected chi connectivity index (χ3v) is 3.20. The lowest BCUT2D eigenvalue weighted by molar-refractivity contribution is 0.0958. The van der Waals surface area contributed by atoms with Crippen LogP contribution in [0.2, 0.25) is 0 Å². The Balaban J connectivity index is 2.09. The molecule has 1 saturated heterocycles. The molecule has 1 fully saturated rings. The monoisotopic (exact) mass is 234 g/mol. The van der Waals surface area contributed by atoms with Gasteiger partial charge in [0, 0.05) is 26.7 Å². The maximum Gasteiger partial charge on any atom is 0.269 e. The zero-order valence-electron chi connectivity index (χ0n) is 10.2. The van der Waals surface area contributed by atoms with Crippen molar-refractivity contribution in [1.29, 1.82) is 0 Å². The summed E-state index contributed by atoms with van der Waals surface area (Å²) in [6.45, 7) is 2.08. The molecule has 0 unspecified atom stereocenters. The van der Waals surface area contributed by atoms with Gasteiger partial charge in [0.15, 0.2) is 0 Å². The summed E-state index contributed by atoms with van der Waals surface area (Å²) in [5, 5.41) is 5.90. The Labute approximate surface area is 101 Å².